The molecule has 2 aromatic rings. The number of rotatable bonds is 7. The second-order valence-electron chi connectivity index (χ2n) is 7.42. The second-order valence-corrected chi connectivity index (χ2v) is 7.42. The molecular formula is C23H29N3O6. The molecule has 32 heavy (non-hydrogen) atoms. The van der Waals surface area contributed by atoms with Crippen LogP contribution in [-0.2, 0) is 20.8 Å². The van der Waals surface area contributed by atoms with Crippen LogP contribution < -0.4 is 15.0 Å². The number of carbonyl (C=O) groups excluding carboxylic acids is 1. The van der Waals surface area contributed by atoms with Gasteiger partial charge < -0.3 is 30.1 Å². The van der Waals surface area contributed by atoms with Crippen LogP contribution >= 0.6 is 0 Å². The molecular weight excluding hydrogens is 414 g/mol. The van der Waals surface area contributed by atoms with Crippen molar-refractivity contribution in [3.8, 4) is 5.75 Å². The number of amides is 1. The van der Waals surface area contributed by atoms with Crippen molar-refractivity contribution < 1.29 is 29.3 Å². The van der Waals surface area contributed by atoms with Crippen LogP contribution in [0, 0.1) is 0 Å². The van der Waals surface area contributed by atoms with Gasteiger partial charge in [0.1, 0.15) is 5.75 Å². The molecule has 9 nitrogen and oxygen atoms in total. The summed E-state index contributed by atoms with van der Waals surface area (Å²) < 4.78 is 5.23. The summed E-state index contributed by atoms with van der Waals surface area (Å²) in [6.45, 7) is 1.82. The number of anilines is 1. The number of carboxylic acid groups (broad SMARTS) is 2. The van der Waals surface area contributed by atoms with Crippen LogP contribution in [-0.4, -0.2) is 73.8 Å². The molecule has 0 fully saturated rings. The van der Waals surface area contributed by atoms with Gasteiger partial charge in [0.05, 0.1) is 13.7 Å². The number of methoxy groups -OCH3 is 1. The lowest BCUT2D eigenvalue weighted by Crippen LogP contribution is -2.40. The van der Waals surface area contributed by atoms with E-state index < -0.39 is 11.9 Å². The summed E-state index contributed by atoms with van der Waals surface area (Å²) in [4.78, 5) is 34.9. The average Bonchev–Trinajstić information content (AvgIpc) is 3.21. The zero-order valence-corrected chi connectivity index (χ0v) is 18.4. The number of para-hydroxylation sites is 1. The van der Waals surface area contributed by atoms with Crippen LogP contribution in [0.1, 0.15) is 17.2 Å². The third kappa shape index (κ3) is 6.79. The van der Waals surface area contributed by atoms with E-state index in [0.29, 0.717) is 13.1 Å². The van der Waals surface area contributed by atoms with Gasteiger partial charge in [0.2, 0.25) is 5.91 Å². The first kappa shape index (κ1) is 24.8. The van der Waals surface area contributed by atoms with Crippen LogP contribution in [0.3, 0.4) is 0 Å². The fourth-order valence-electron chi connectivity index (χ4n) is 3.43. The molecule has 3 rings (SSSR count). The number of carbonyl (C=O) groups is 3. The molecule has 172 valence electrons. The first-order chi connectivity index (χ1) is 15.2. The first-order valence-electron chi connectivity index (χ1n) is 10.1. The highest BCUT2D eigenvalue weighted by molar-refractivity contribution is 6.27. The Morgan fingerprint density at radius 2 is 1.69 bits per heavy atom. The van der Waals surface area contributed by atoms with Crippen LogP contribution in [0.25, 0.3) is 0 Å². The van der Waals surface area contributed by atoms with E-state index in [2.05, 4.69) is 42.5 Å². The predicted octanol–water partition coefficient (Wildman–Crippen LogP) is 1.63. The fourth-order valence-corrected chi connectivity index (χ4v) is 3.43. The van der Waals surface area contributed by atoms with Gasteiger partial charge in [-0.05, 0) is 49.8 Å². The Morgan fingerprint density at radius 3 is 2.25 bits per heavy atom. The van der Waals surface area contributed by atoms with Gasteiger partial charge in [-0.15, -0.1) is 0 Å². The fraction of sp³-hybridized carbons (Fsp3) is 0.348. The molecule has 2 aromatic carbocycles. The highest BCUT2D eigenvalue weighted by Crippen LogP contribution is 2.27. The van der Waals surface area contributed by atoms with Crippen LogP contribution in [0.4, 0.5) is 5.69 Å². The third-order valence-corrected chi connectivity index (χ3v) is 5.11. The first-order valence-corrected chi connectivity index (χ1v) is 10.1. The number of fused-ring (bicyclic) bond motifs is 1. The van der Waals surface area contributed by atoms with Crippen LogP contribution in [0.2, 0.25) is 0 Å². The Labute approximate surface area is 187 Å². The maximum atomic E-state index is 12.6. The van der Waals surface area contributed by atoms with E-state index in [0.717, 1.165) is 24.4 Å². The maximum absolute atomic E-state index is 12.6. The highest BCUT2D eigenvalue weighted by atomic mass is 16.5. The van der Waals surface area contributed by atoms with Crippen molar-refractivity contribution in [2.45, 2.75) is 12.5 Å². The van der Waals surface area contributed by atoms with E-state index in [-0.39, 0.29) is 11.9 Å². The molecule has 1 aliphatic heterocycles. The molecule has 0 aliphatic carbocycles. The summed E-state index contributed by atoms with van der Waals surface area (Å²) in [5.74, 6) is -2.67. The molecule has 0 saturated heterocycles. The number of likely N-dealkylation sites (N-methyl/N-ethyl adjacent to an activating group) is 1. The number of benzene rings is 2. The lowest BCUT2D eigenvalue weighted by Gasteiger charge is -2.26. The van der Waals surface area contributed by atoms with Gasteiger partial charge >= 0.3 is 11.9 Å². The van der Waals surface area contributed by atoms with E-state index >= 15 is 0 Å². The van der Waals surface area contributed by atoms with Crippen molar-refractivity contribution in [1.82, 2.24) is 10.2 Å². The van der Waals surface area contributed by atoms with Crippen molar-refractivity contribution in [3.63, 3.8) is 0 Å². The topological polar surface area (TPSA) is 119 Å². The summed E-state index contributed by atoms with van der Waals surface area (Å²) in [5, 5.41) is 18.1. The minimum atomic E-state index is -1.82. The van der Waals surface area contributed by atoms with Gasteiger partial charge in [-0.2, -0.15) is 0 Å². The van der Waals surface area contributed by atoms with Gasteiger partial charge in [0, 0.05) is 24.8 Å². The molecule has 0 bridgehead atoms. The summed E-state index contributed by atoms with van der Waals surface area (Å²) >= 11 is 0. The van der Waals surface area contributed by atoms with Gasteiger partial charge in [0.15, 0.2) is 0 Å². The summed E-state index contributed by atoms with van der Waals surface area (Å²) in [5.41, 5.74) is 3.51. The number of aliphatic carboxylic acids is 2. The van der Waals surface area contributed by atoms with E-state index in [9.17, 15) is 4.79 Å². The number of nitrogens with zero attached hydrogens (tertiary/aromatic N) is 2. The van der Waals surface area contributed by atoms with Gasteiger partial charge in [-0.25, -0.2) is 9.59 Å². The predicted molar refractivity (Wildman–Crippen MR) is 120 cm³/mol. The lowest BCUT2D eigenvalue weighted by molar-refractivity contribution is -0.159. The minimum absolute atomic E-state index is 0.127. The molecule has 0 saturated carbocycles. The molecule has 0 aromatic heterocycles. The molecule has 0 spiro atoms. The number of ether oxygens (including phenoxy) is 1. The Hall–Kier alpha value is -3.43. The Morgan fingerprint density at radius 1 is 1.06 bits per heavy atom. The van der Waals surface area contributed by atoms with Crippen LogP contribution in [0.5, 0.6) is 5.75 Å². The molecule has 1 atom stereocenters. The van der Waals surface area contributed by atoms with E-state index in [1.165, 1.54) is 11.1 Å². The largest absolute Gasteiger partial charge is 0.497 e. The highest BCUT2D eigenvalue weighted by Gasteiger charge is 2.24. The smallest absolute Gasteiger partial charge is 0.414 e. The van der Waals surface area contributed by atoms with Crippen molar-refractivity contribution in [2.75, 3.05) is 45.7 Å². The molecule has 9 heteroatoms. The lowest BCUT2D eigenvalue weighted by atomic mass is 10.1. The van der Waals surface area contributed by atoms with E-state index in [1.807, 2.05) is 35.2 Å². The minimum Gasteiger partial charge on any atom is -0.497 e. The number of hydrogen-bond acceptors (Lipinski definition) is 6. The average molecular weight is 444 g/mol. The zero-order chi connectivity index (χ0) is 23.7. The van der Waals surface area contributed by atoms with Crippen molar-refractivity contribution in [3.05, 3.63) is 59.7 Å². The van der Waals surface area contributed by atoms with Crippen molar-refractivity contribution >= 4 is 23.5 Å². The molecule has 0 radical (unpaired) electrons. The SMILES string of the molecule is COc1ccc(C(CNCC(=O)N2CCc3ccccc32)N(C)C)cc1.O=C(O)C(=O)O. The normalized spacial score (nSPS) is 13.1. The maximum Gasteiger partial charge on any atom is 0.414 e. The van der Waals surface area contributed by atoms with E-state index in [1.54, 1.807) is 7.11 Å². The Kier molecular flexibility index (Phi) is 9.18. The summed E-state index contributed by atoms with van der Waals surface area (Å²) in [7, 11) is 5.77. The molecule has 1 aliphatic rings. The quantitative estimate of drug-likeness (QED) is 0.553. The molecule has 1 amide bonds. The number of carboxylic acids is 2. The Balaban J connectivity index is 0.000000534. The summed E-state index contributed by atoms with van der Waals surface area (Å²) in [6.07, 6.45) is 0.939. The summed E-state index contributed by atoms with van der Waals surface area (Å²) in [6, 6.07) is 16.4. The Bertz CT molecular complexity index is 918. The van der Waals surface area contributed by atoms with Gasteiger partial charge in [-0.1, -0.05) is 30.3 Å². The van der Waals surface area contributed by atoms with Crippen molar-refractivity contribution in [2.24, 2.45) is 0 Å². The van der Waals surface area contributed by atoms with E-state index in [4.69, 9.17) is 24.5 Å². The zero-order valence-electron chi connectivity index (χ0n) is 18.4. The van der Waals surface area contributed by atoms with Gasteiger partial charge in [-0.3, -0.25) is 4.79 Å². The molecule has 1 heterocycles. The second kappa shape index (κ2) is 11.8. The van der Waals surface area contributed by atoms with Crippen LogP contribution in [0.15, 0.2) is 48.5 Å². The third-order valence-electron chi connectivity index (χ3n) is 5.11. The number of nitrogens with one attached hydrogen (secondary N) is 1. The van der Waals surface area contributed by atoms with Gasteiger partial charge in [0.25, 0.3) is 0 Å². The molecule has 3 N–H and O–H groups in total. The molecule has 1 unspecified atom stereocenters. The number of hydrogen-bond donors (Lipinski definition) is 3. The van der Waals surface area contributed by atoms with Crippen molar-refractivity contribution in [1.29, 1.82) is 0 Å². The monoisotopic (exact) mass is 443 g/mol. The standard InChI is InChI=1S/C21H27N3O2.C2H2O4/c1-23(2)20(17-8-10-18(26-3)11-9-17)14-22-15-21(25)24-13-12-16-6-4-5-7-19(16)24;3-1(4)2(5)6/h4-11,20,22H,12-15H2,1-3H3;(H,3,4)(H,5,6).